The molecule has 0 saturated carbocycles. The van der Waals surface area contributed by atoms with Gasteiger partial charge in [0.05, 0.1) is 22.6 Å². The molecule has 1 amide bonds. The summed E-state index contributed by atoms with van der Waals surface area (Å²) in [6.45, 7) is 4.13. The normalized spacial score (nSPS) is 10.8. The fourth-order valence-electron chi connectivity index (χ4n) is 1.75. The Bertz CT molecular complexity index is 586. The first-order chi connectivity index (χ1) is 8.50. The second kappa shape index (κ2) is 4.52. The van der Waals surface area contributed by atoms with E-state index in [9.17, 15) is 4.79 Å². The predicted molar refractivity (Wildman–Crippen MR) is 70.6 cm³/mol. The molecular weight excluding hydrogens is 228 g/mol. The molecule has 0 unspecified atom stereocenters. The maximum atomic E-state index is 11.2. The van der Waals surface area contributed by atoms with Crippen molar-refractivity contribution in [1.82, 2.24) is 9.78 Å². The third-order valence-electron chi connectivity index (χ3n) is 2.80. The molecule has 18 heavy (non-hydrogen) atoms. The number of carbonyl (C=O) groups excluding carboxylic acids is 1. The van der Waals surface area contributed by atoms with Gasteiger partial charge in [0.15, 0.2) is 0 Å². The monoisotopic (exact) mass is 244 g/mol. The Kier molecular flexibility index (Phi) is 3.06. The number of amides is 1. The minimum Gasteiger partial charge on any atom is -0.396 e. The maximum absolute atomic E-state index is 11.2. The van der Waals surface area contributed by atoms with E-state index in [1.54, 1.807) is 22.9 Å². The molecule has 0 radical (unpaired) electrons. The molecule has 2 aromatic rings. The smallest absolute Gasteiger partial charge is 0.250 e. The van der Waals surface area contributed by atoms with Crippen LogP contribution in [0, 0.1) is 0 Å². The zero-order chi connectivity index (χ0) is 13.3. The minimum atomic E-state index is -0.536. The largest absolute Gasteiger partial charge is 0.396 e. The van der Waals surface area contributed by atoms with E-state index in [1.807, 2.05) is 12.3 Å². The van der Waals surface area contributed by atoms with E-state index < -0.39 is 5.91 Å². The van der Waals surface area contributed by atoms with Crippen molar-refractivity contribution in [3.05, 3.63) is 41.7 Å². The highest BCUT2D eigenvalue weighted by Gasteiger charge is 2.12. The number of para-hydroxylation sites is 1. The van der Waals surface area contributed by atoms with E-state index in [-0.39, 0.29) is 0 Å². The van der Waals surface area contributed by atoms with Crippen molar-refractivity contribution in [3.63, 3.8) is 0 Å². The van der Waals surface area contributed by atoms with Crippen LogP contribution in [0.25, 0.3) is 5.69 Å². The van der Waals surface area contributed by atoms with E-state index in [4.69, 9.17) is 11.5 Å². The Morgan fingerprint density at radius 1 is 1.33 bits per heavy atom. The van der Waals surface area contributed by atoms with E-state index in [1.165, 1.54) is 0 Å². The summed E-state index contributed by atoms with van der Waals surface area (Å²) in [6.07, 6.45) is 1.83. The van der Waals surface area contributed by atoms with Gasteiger partial charge in [-0.3, -0.25) is 4.79 Å². The number of rotatable bonds is 3. The highest BCUT2D eigenvalue weighted by molar-refractivity contribution is 5.99. The second-order valence-corrected chi connectivity index (χ2v) is 4.44. The molecule has 5 heteroatoms. The standard InChI is InChI=1S/C13H16N4O/c1-8(2)10-6-7-17(16-10)11-5-3-4-9(12(11)14)13(15)18/h3-8H,14H2,1-2H3,(H2,15,18). The summed E-state index contributed by atoms with van der Waals surface area (Å²) in [5.74, 6) is -0.197. The molecule has 94 valence electrons. The molecule has 0 aliphatic carbocycles. The molecule has 5 nitrogen and oxygen atoms in total. The van der Waals surface area contributed by atoms with Crippen LogP contribution in [-0.4, -0.2) is 15.7 Å². The maximum Gasteiger partial charge on any atom is 0.250 e. The molecule has 0 bridgehead atoms. The average molecular weight is 244 g/mol. The Labute approximate surface area is 105 Å². The van der Waals surface area contributed by atoms with Gasteiger partial charge in [0.2, 0.25) is 0 Å². The molecular formula is C13H16N4O. The highest BCUT2D eigenvalue weighted by atomic mass is 16.1. The van der Waals surface area contributed by atoms with Gasteiger partial charge < -0.3 is 11.5 Å². The number of primary amides is 1. The first-order valence-corrected chi connectivity index (χ1v) is 5.75. The summed E-state index contributed by atoms with van der Waals surface area (Å²) >= 11 is 0. The molecule has 1 aromatic heterocycles. The number of anilines is 1. The van der Waals surface area contributed by atoms with Crippen molar-refractivity contribution < 1.29 is 4.79 Å². The van der Waals surface area contributed by atoms with Gasteiger partial charge in [0.1, 0.15) is 0 Å². The summed E-state index contributed by atoms with van der Waals surface area (Å²) in [5.41, 5.74) is 13.5. The Hall–Kier alpha value is -2.30. The molecule has 0 aliphatic heterocycles. The predicted octanol–water partition coefficient (Wildman–Crippen LogP) is 1.68. The zero-order valence-electron chi connectivity index (χ0n) is 10.4. The van der Waals surface area contributed by atoms with Crippen LogP contribution in [0.15, 0.2) is 30.5 Å². The van der Waals surface area contributed by atoms with E-state index in [2.05, 4.69) is 18.9 Å². The van der Waals surface area contributed by atoms with Gasteiger partial charge in [-0.2, -0.15) is 5.10 Å². The van der Waals surface area contributed by atoms with Crippen LogP contribution in [0.2, 0.25) is 0 Å². The minimum absolute atomic E-state index is 0.314. The van der Waals surface area contributed by atoms with Gasteiger partial charge in [-0.15, -0.1) is 0 Å². The van der Waals surface area contributed by atoms with Crippen LogP contribution in [0.5, 0.6) is 0 Å². The third-order valence-corrected chi connectivity index (χ3v) is 2.80. The Morgan fingerprint density at radius 2 is 2.06 bits per heavy atom. The molecule has 0 aliphatic rings. The lowest BCUT2D eigenvalue weighted by Crippen LogP contribution is -2.15. The lowest BCUT2D eigenvalue weighted by Gasteiger charge is -2.08. The topological polar surface area (TPSA) is 86.9 Å². The van der Waals surface area contributed by atoms with Crippen molar-refractivity contribution >= 4 is 11.6 Å². The van der Waals surface area contributed by atoms with E-state index in [0.717, 1.165) is 5.69 Å². The number of nitrogens with zero attached hydrogens (tertiary/aromatic N) is 2. The fourth-order valence-corrected chi connectivity index (χ4v) is 1.75. The lowest BCUT2D eigenvalue weighted by molar-refractivity contribution is 0.100. The summed E-state index contributed by atoms with van der Waals surface area (Å²) < 4.78 is 1.66. The SMILES string of the molecule is CC(C)c1ccn(-c2cccc(C(N)=O)c2N)n1. The molecule has 2 rings (SSSR count). The quantitative estimate of drug-likeness (QED) is 0.805. The van der Waals surface area contributed by atoms with Crippen LogP contribution in [0.1, 0.15) is 35.8 Å². The van der Waals surface area contributed by atoms with Gasteiger partial charge in [-0.25, -0.2) is 4.68 Å². The van der Waals surface area contributed by atoms with Crippen molar-refractivity contribution in [2.45, 2.75) is 19.8 Å². The summed E-state index contributed by atoms with van der Waals surface area (Å²) in [7, 11) is 0. The molecule has 0 spiro atoms. The summed E-state index contributed by atoms with van der Waals surface area (Å²) in [6, 6.07) is 7.08. The van der Waals surface area contributed by atoms with Crippen LogP contribution < -0.4 is 11.5 Å². The molecule has 1 aromatic carbocycles. The van der Waals surface area contributed by atoms with Gasteiger partial charge in [0, 0.05) is 6.20 Å². The number of hydrogen-bond acceptors (Lipinski definition) is 3. The third kappa shape index (κ3) is 2.07. The summed E-state index contributed by atoms with van der Waals surface area (Å²) in [5, 5.41) is 4.43. The highest BCUT2D eigenvalue weighted by Crippen LogP contribution is 2.22. The Morgan fingerprint density at radius 3 is 2.61 bits per heavy atom. The molecule has 1 heterocycles. The van der Waals surface area contributed by atoms with Crippen LogP contribution in [0.4, 0.5) is 5.69 Å². The number of aromatic nitrogens is 2. The number of benzene rings is 1. The number of nitrogen functional groups attached to an aromatic ring is 1. The van der Waals surface area contributed by atoms with Crippen molar-refractivity contribution in [2.75, 3.05) is 5.73 Å². The van der Waals surface area contributed by atoms with Crippen molar-refractivity contribution in [2.24, 2.45) is 5.73 Å². The second-order valence-electron chi connectivity index (χ2n) is 4.44. The fraction of sp³-hybridized carbons (Fsp3) is 0.231. The average Bonchev–Trinajstić information content (AvgIpc) is 2.78. The van der Waals surface area contributed by atoms with Gasteiger partial charge in [-0.1, -0.05) is 19.9 Å². The van der Waals surface area contributed by atoms with Gasteiger partial charge in [0.25, 0.3) is 5.91 Å². The van der Waals surface area contributed by atoms with Crippen LogP contribution in [-0.2, 0) is 0 Å². The van der Waals surface area contributed by atoms with Crippen LogP contribution >= 0.6 is 0 Å². The van der Waals surface area contributed by atoms with Gasteiger partial charge >= 0.3 is 0 Å². The number of carbonyl (C=O) groups is 1. The molecule has 0 fully saturated rings. The zero-order valence-corrected chi connectivity index (χ0v) is 10.4. The molecule has 4 N–H and O–H groups in total. The van der Waals surface area contributed by atoms with Crippen LogP contribution in [0.3, 0.4) is 0 Å². The Balaban J connectivity index is 2.50. The number of nitrogens with two attached hydrogens (primary N) is 2. The van der Waals surface area contributed by atoms with E-state index in [0.29, 0.717) is 22.9 Å². The molecule has 0 atom stereocenters. The first-order valence-electron chi connectivity index (χ1n) is 5.75. The van der Waals surface area contributed by atoms with Crippen molar-refractivity contribution in [1.29, 1.82) is 0 Å². The van der Waals surface area contributed by atoms with Gasteiger partial charge in [-0.05, 0) is 24.1 Å². The molecule has 0 saturated heterocycles. The van der Waals surface area contributed by atoms with E-state index >= 15 is 0 Å². The summed E-state index contributed by atoms with van der Waals surface area (Å²) in [4.78, 5) is 11.2. The van der Waals surface area contributed by atoms with Crippen molar-refractivity contribution in [3.8, 4) is 5.69 Å². The number of hydrogen-bond donors (Lipinski definition) is 2. The first kappa shape index (κ1) is 12.2. The lowest BCUT2D eigenvalue weighted by atomic mass is 10.1.